The predicted octanol–water partition coefficient (Wildman–Crippen LogP) is 4.45. The van der Waals surface area contributed by atoms with Crippen LogP contribution in [0.2, 0.25) is 0 Å². The average molecular weight is 465 g/mol. The first-order chi connectivity index (χ1) is 12.0. The number of unbranched alkanes of at least 4 members (excludes halogenated alkanes) is 1. The number of hydrogen-bond acceptors (Lipinski definition) is 5. The summed E-state index contributed by atoms with van der Waals surface area (Å²) < 4.78 is 30.7. The van der Waals surface area contributed by atoms with Crippen molar-refractivity contribution in [2.24, 2.45) is 0 Å². The first-order valence-corrected chi connectivity index (χ1v) is 9.36. The number of nitrogens with one attached hydrogen (secondary N) is 2. The van der Waals surface area contributed by atoms with Gasteiger partial charge in [-0.2, -0.15) is 5.56 Å². The van der Waals surface area contributed by atoms with Gasteiger partial charge in [0, 0.05) is 50.5 Å². The molecule has 0 aromatic heterocycles. The third-order valence-electron chi connectivity index (χ3n) is 3.41. The predicted molar refractivity (Wildman–Crippen MR) is 106 cm³/mol. The molecular formula is C18H20N2O3S2Y-2. The summed E-state index contributed by atoms with van der Waals surface area (Å²) in [5, 5.41) is 3.29. The molecule has 0 saturated carbocycles. The zero-order chi connectivity index (χ0) is 18.2. The van der Waals surface area contributed by atoms with E-state index in [1.54, 1.807) is 18.2 Å². The topological polar surface area (TPSA) is 73.4 Å². The molecule has 8 heteroatoms. The number of para-hydroxylation sites is 1. The summed E-state index contributed by atoms with van der Waals surface area (Å²) in [5.41, 5.74) is 1.62. The van der Waals surface area contributed by atoms with Crippen LogP contribution in [0.3, 0.4) is 0 Å². The zero-order valence-electron chi connectivity index (χ0n) is 14.5. The van der Waals surface area contributed by atoms with Crippen molar-refractivity contribution in [2.45, 2.75) is 19.8 Å². The van der Waals surface area contributed by atoms with Crippen molar-refractivity contribution in [1.29, 1.82) is 0 Å². The van der Waals surface area contributed by atoms with Gasteiger partial charge in [-0.3, -0.25) is 4.21 Å². The van der Waals surface area contributed by atoms with E-state index in [2.05, 4.69) is 23.9 Å². The van der Waals surface area contributed by atoms with E-state index < -0.39 is 11.3 Å². The molecule has 0 aliphatic rings. The molecule has 0 heterocycles. The van der Waals surface area contributed by atoms with Crippen LogP contribution in [0.5, 0.6) is 11.5 Å². The summed E-state index contributed by atoms with van der Waals surface area (Å²) in [5.74, 6) is 0.997. The molecule has 1 radical (unpaired) electrons. The van der Waals surface area contributed by atoms with Gasteiger partial charge in [0.25, 0.3) is 0 Å². The van der Waals surface area contributed by atoms with Gasteiger partial charge < -0.3 is 19.3 Å². The number of hydrogen-bond donors (Lipinski definition) is 2. The normalized spacial score (nSPS) is 11.2. The minimum absolute atomic E-state index is 0. The molecule has 5 nitrogen and oxygen atoms in total. The monoisotopic (exact) mass is 465 g/mol. The fourth-order valence-electron chi connectivity index (χ4n) is 2.20. The van der Waals surface area contributed by atoms with Crippen molar-refractivity contribution in [1.82, 2.24) is 0 Å². The molecule has 0 fully saturated rings. The van der Waals surface area contributed by atoms with Crippen LogP contribution in [0.25, 0.3) is 0 Å². The molecule has 0 aliphatic heterocycles. The van der Waals surface area contributed by atoms with Crippen LogP contribution >= 0.6 is 12.2 Å². The van der Waals surface area contributed by atoms with Gasteiger partial charge in [-0.15, -0.1) is 29.2 Å². The largest absolute Gasteiger partial charge is 0.755 e. The van der Waals surface area contributed by atoms with E-state index in [1.807, 2.05) is 24.3 Å². The van der Waals surface area contributed by atoms with Gasteiger partial charge >= 0.3 is 0 Å². The second-order valence-corrected chi connectivity index (χ2v) is 6.52. The maximum atomic E-state index is 11.2. The quantitative estimate of drug-likeness (QED) is 0.188. The number of ether oxygens (including phenoxy) is 1. The summed E-state index contributed by atoms with van der Waals surface area (Å²) in [6.07, 6.45) is 2.01. The number of benzene rings is 2. The summed E-state index contributed by atoms with van der Waals surface area (Å²) in [7, 11) is 0. The van der Waals surface area contributed by atoms with E-state index in [1.165, 1.54) is 0 Å². The van der Waals surface area contributed by atoms with Crippen LogP contribution in [0.15, 0.2) is 42.5 Å². The van der Waals surface area contributed by atoms with E-state index in [4.69, 9.17) is 17.0 Å². The Morgan fingerprint density at radius 1 is 1.27 bits per heavy atom. The van der Waals surface area contributed by atoms with Gasteiger partial charge in [-0.05, 0) is 18.6 Å². The van der Waals surface area contributed by atoms with E-state index in [-0.39, 0.29) is 32.7 Å². The molecule has 0 amide bonds. The fraction of sp³-hybridized carbons (Fsp3) is 0.222. The Labute approximate surface area is 187 Å². The van der Waals surface area contributed by atoms with Crippen molar-refractivity contribution >= 4 is 39.7 Å². The Kier molecular flexibility index (Phi) is 10.3. The van der Waals surface area contributed by atoms with Crippen LogP contribution < -0.4 is 14.8 Å². The smallest absolute Gasteiger partial charge is 0.171 e. The minimum Gasteiger partial charge on any atom is -0.755 e. The number of thiocarbonyl (C=S) groups is 1. The Balaban J connectivity index is 0.00000338. The molecule has 1 unspecified atom stereocenters. The molecule has 2 aromatic rings. The van der Waals surface area contributed by atoms with Gasteiger partial charge in [0.15, 0.2) is 5.75 Å². The third-order valence-corrected chi connectivity index (χ3v) is 4.04. The molecular weight excluding hydrogens is 445 g/mol. The molecule has 0 spiro atoms. The maximum Gasteiger partial charge on any atom is 0.171 e. The van der Waals surface area contributed by atoms with E-state index >= 15 is 0 Å². The maximum absolute atomic E-state index is 11.2. The average Bonchev–Trinajstić information content (AvgIpc) is 2.57. The van der Waals surface area contributed by atoms with E-state index in [9.17, 15) is 8.76 Å². The third kappa shape index (κ3) is 6.97. The second-order valence-electron chi connectivity index (χ2n) is 5.36. The molecule has 0 saturated heterocycles. The molecule has 1 atom stereocenters. The van der Waals surface area contributed by atoms with Crippen LogP contribution in [0, 0.1) is 6.92 Å². The second kappa shape index (κ2) is 11.7. The first-order valence-electron chi connectivity index (χ1n) is 7.88. The van der Waals surface area contributed by atoms with Crippen molar-refractivity contribution in [2.75, 3.05) is 16.6 Å². The standard InChI is InChI=1S/C18H21N2O3S2.Y/c1-3-4-10-19-16-11-14(13(2)24)12-17(20-25(21)22)18(16)23-15-8-6-5-7-9-15;/h5-9,11-12,19-20H,2-4,10H2,1H3,(H,21,22);/q-1;/p-1. The summed E-state index contributed by atoms with van der Waals surface area (Å²) in [4.78, 5) is 0.421. The van der Waals surface area contributed by atoms with Crippen LogP contribution in [0.4, 0.5) is 11.4 Å². The van der Waals surface area contributed by atoms with Gasteiger partial charge in [-0.1, -0.05) is 31.5 Å². The van der Waals surface area contributed by atoms with Crippen molar-refractivity contribution in [3.63, 3.8) is 0 Å². The summed E-state index contributed by atoms with van der Waals surface area (Å²) in [6.45, 7) is 6.59. The SMILES string of the molecule is [CH2-]C(=S)c1cc(NCCCC)c(Oc2ccccc2)c(NS(=O)[O-])c1.[Y]. The van der Waals surface area contributed by atoms with Crippen LogP contribution in [-0.4, -0.2) is 20.2 Å². The van der Waals surface area contributed by atoms with E-state index in [0.29, 0.717) is 33.3 Å². The molecule has 137 valence electrons. The molecule has 2 aromatic carbocycles. The Morgan fingerprint density at radius 2 is 1.92 bits per heavy atom. The number of rotatable bonds is 9. The fourth-order valence-corrected chi connectivity index (χ4v) is 2.65. The van der Waals surface area contributed by atoms with Gasteiger partial charge in [-0.25, -0.2) is 6.92 Å². The van der Waals surface area contributed by atoms with Crippen molar-refractivity contribution in [3.05, 3.63) is 55.0 Å². The van der Waals surface area contributed by atoms with E-state index in [0.717, 1.165) is 19.4 Å². The summed E-state index contributed by atoms with van der Waals surface area (Å²) >= 11 is 2.65. The molecule has 0 bridgehead atoms. The summed E-state index contributed by atoms with van der Waals surface area (Å²) in [6, 6.07) is 12.6. The van der Waals surface area contributed by atoms with Crippen LogP contribution in [0.1, 0.15) is 25.3 Å². The van der Waals surface area contributed by atoms with Crippen LogP contribution in [-0.2, 0) is 44.0 Å². The molecule has 26 heavy (non-hydrogen) atoms. The zero-order valence-corrected chi connectivity index (χ0v) is 19.0. The molecule has 2 rings (SSSR count). The number of anilines is 2. The Morgan fingerprint density at radius 3 is 2.50 bits per heavy atom. The Hall–Kier alpha value is -0.986. The van der Waals surface area contributed by atoms with Gasteiger partial charge in [0.2, 0.25) is 0 Å². The van der Waals surface area contributed by atoms with Gasteiger partial charge in [0.1, 0.15) is 5.75 Å². The van der Waals surface area contributed by atoms with Crippen molar-refractivity contribution in [3.8, 4) is 11.5 Å². The molecule has 0 aliphatic carbocycles. The molecule has 2 N–H and O–H groups in total. The Bertz CT molecular complexity index is 758. The van der Waals surface area contributed by atoms with Gasteiger partial charge in [0.05, 0.1) is 11.4 Å². The first kappa shape index (κ1) is 23.1. The van der Waals surface area contributed by atoms with Crippen molar-refractivity contribution < 1.29 is 46.2 Å². The minimum atomic E-state index is -2.49.